The Labute approximate surface area is 144 Å². The van der Waals surface area contributed by atoms with Crippen LogP contribution in [-0.4, -0.2) is 22.0 Å². The molecule has 2 N–H and O–H groups in total. The number of halogens is 1. The van der Waals surface area contributed by atoms with Gasteiger partial charge < -0.3 is 14.9 Å². The number of hydrogen-bond donors (Lipinski definition) is 2. The molecule has 4 rings (SSSR count). The second-order valence-electron chi connectivity index (χ2n) is 6.16. The summed E-state index contributed by atoms with van der Waals surface area (Å²) in [5.74, 6) is -0.459. The molecule has 0 fully saturated rings. The summed E-state index contributed by atoms with van der Waals surface area (Å²) in [6.07, 6.45) is 2.73. The number of amides is 1. The summed E-state index contributed by atoms with van der Waals surface area (Å²) in [5, 5.41) is 4.98. The minimum Gasteiger partial charge on any atom is -0.361 e. The highest BCUT2D eigenvalue weighted by Gasteiger charge is 2.13. The molecular formula is C20H18FN3O. The van der Waals surface area contributed by atoms with Crippen molar-refractivity contribution in [3.63, 3.8) is 0 Å². The summed E-state index contributed by atoms with van der Waals surface area (Å²) >= 11 is 0. The van der Waals surface area contributed by atoms with E-state index in [-0.39, 0.29) is 11.7 Å². The van der Waals surface area contributed by atoms with Crippen molar-refractivity contribution < 1.29 is 9.18 Å². The molecule has 0 radical (unpaired) electrons. The van der Waals surface area contributed by atoms with Gasteiger partial charge in [-0.15, -0.1) is 0 Å². The van der Waals surface area contributed by atoms with Gasteiger partial charge in [0.15, 0.2) is 0 Å². The number of fused-ring (bicyclic) bond motifs is 2. The predicted octanol–water partition coefficient (Wildman–Crippen LogP) is 3.77. The number of aromatic amines is 1. The summed E-state index contributed by atoms with van der Waals surface area (Å²) in [6.45, 7) is 0.538. The number of H-pyrrole nitrogens is 1. The standard InChI is InChI=1S/C20H18FN3O/c1-24-18-11-15(21)7-6-13(18)10-19(24)20(25)22-9-8-14-12-23-17-5-3-2-4-16(14)17/h2-7,10-12,23H,8-9H2,1H3,(H,22,25). The second-order valence-corrected chi connectivity index (χ2v) is 6.16. The lowest BCUT2D eigenvalue weighted by molar-refractivity contribution is 0.0946. The van der Waals surface area contributed by atoms with Crippen molar-refractivity contribution in [3.05, 3.63) is 71.8 Å². The topological polar surface area (TPSA) is 49.8 Å². The molecule has 4 aromatic rings. The number of rotatable bonds is 4. The molecular weight excluding hydrogens is 317 g/mol. The maximum atomic E-state index is 13.4. The van der Waals surface area contributed by atoms with E-state index in [4.69, 9.17) is 0 Å². The minimum absolute atomic E-state index is 0.154. The van der Waals surface area contributed by atoms with E-state index in [0.717, 1.165) is 17.3 Å². The molecule has 0 unspecified atom stereocenters. The van der Waals surface area contributed by atoms with Gasteiger partial charge in [-0.05, 0) is 42.3 Å². The Morgan fingerprint density at radius 2 is 2.04 bits per heavy atom. The van der Waals surface area contributed by atoms with Crippen molar-refractivity contribution >= 4 is 27.7 Å². The van der Waals surface area contributed by atoms with Gasteiger partial charge in [-0.1, -0.05) is 18.2 Å². The quantitative estimate of drug-likeness (QED) is 0.586. The maximum Gasteiger partial charge on any atom is 0.267 e. The normalized spacial score (nSPS) is 11.3. The fourth-order valence-corrected chi connectivity index (χ4v) is 3.26. The average molecular weight is 335 g/mol. The van der Waals surface area contributed by atoms with Crippen molar-refractivity contribution in [2.75, 3.05) is 6.54 Å². The fourth-order valence-electron chi connectivity index (χ4n) is 3.26. The lowest BCUT2D eigenvalue weighted by Gasteiger charge is -2.06. The summed E-state index contributed by atoms with van der Waals surface area (Å²) in [7, 11) is 1.77. The SMILES string of the molecule is Cn1c(C(=O)NCCc2c[nH]c3ccccc23)cc2ccc(F)cc21. The van der Waals surface area contributed by atoms with Crippen LogP contribution in [0.25, 0.3) is 21.8 Å². The molecule has 0 bridgehead atoms. The summed E-state index contributed by atoms with van der Waals surface area (Å²) in [5.41, 5.74) is 3.51. The van der Waals surface area contributed by atoms with Crippen molar-refractivity contribution in [2.45, 2.75) is 6.42 Å². The van der Waals surface area contributed by atoms with E-state index in [1.165, 1.54) is 23.1 Å². The number of para-hydroxylation sites is 1. The van der Waals surface area contributed by atoms with Crippen molar-refractivity contribution in [3.8, 4) is 0 Å². The van der Waals surface area contributed by atoms with Gasteiger partial charge in [0.1, 0.15) is 11.5 Å². The Bertz CT molecular complexity index is 1080. The van der Waals surface area contributed by atoms with Gasteiger partial charge in [0.05, 0.1) is 5.52 Å². The predicted molar refractivity (Wildman–Crippen MR) is 97.2 cm³/mol. The Morgan fingerprint density at radius 3 is 2.92 bits per heavy atom. The third kappa shape index (κ3) is 2.78. The van der Waals surface area contributed by atoms with Crippen LogP contribution in [0.5, 0.6) is 0 Å². The van der Waals surface area contributed by atoms with E-state index in [1.807, 2.05) is 24.4 Å². The zero-order valence-electron chi connectivity index (χ0n) is 13.8. The highest BCUT2D eigenvalue weighted by molar-refractivity contribution is 5.98. The third-order valence-electron chi connectivity index (χ3n) is 4.59. The van der Waals surface area contributed by atoms with Gasteiger partial charge in [0.2, 0.25) is 0 Å². The summed E-state index contributed by atoms with van der Waals surface area (Å²) < 4.78 is 15.1. The van der Waals surface area contributed by atoms with Crippen LogP contribution in [0.4, 0.5) is 4.39 Å². The largest absolute Gasteiger partial charge is 0.361 e. The van der Waals surface area contributed by atoms with Crippen LogP contribution in [0.1, 0.15) is 16.1 Å². The van der Waals surface area contributed by atoms with Gasteiger partial charge in [0.25, 0.3) is 5.91 Å². The molecule has 0 saturated heterocycles. The van der Waals surface area contributed by atoms with E-state index < -0.39 is 0 Å². The maximum absolute atomic E-state index is 13.4. The molecule has 0 spiro atoms. The Morgan fingerprint density at radius 1 is 1.20 bits per heavy atom. The molecule has 0 saturated carbocycles. The molecule has 0 aliphatic carbocycles. The lowest BCUT2D eigenvalue weighted by atomic mass is 10.1. The Hall–Kier alpha value is -3.08. The van der Waals surface area contributed by atoms with Crippen LogP contribution >= 0.6 is 0 Å². The zero-order chi connectivity index (χ0) is 17.4. The first-order valence-electron chi connectivity index (χ1n) is 8.21. The molecule has 5 heteroatoms. The van der Waals surface area contributed by atoms with Gasteiger partial charge in [-0.3, -0.25) is 4.79 Å². The van der Waals surface area contributed by atoms with Gasteiger partial charge >= 0.3 is 0 Å². The van der Waals surface area contributed by atoms with Crippen LogP contribution < -0.4 is 5.32 Å². The summed E-state index contributed by atoms with van der Waals surface area (Å²) in [4.78, 5) is 15.7. The Kier molecular flexibility index (Phi) is 3.76. The minimum atomic E-state index is -0.306. The number of aromatic nitrogens is 2. The zero-order valence-corrected chi connectivity index (χ0v) is 13.8. The number of benzene rings is 2. The highest BCUT2D eigenvalue weighted by atomic mass is 19.1. The van der Waals surface area contributed by atoms with Crippen LogP contribution in [-0.2, 0) is 13.5 Å². The molecule has 0 aliphatic heterocycles. The average Bonchev–Trinajstić information content (AvgIpc) is 3.17. The first-order chi connectivity index (χ1) is 12.1. The number of hydrogen-bond acceptors (Lipinski definition) is 1. The lowest BCUT2D eigenvalue weighted by Crippen LogP contribution is -2.27. The van der Waals surface area contributed by atoms with E-state index in [9.17, 15) is 9.18 Å². The Balaban J connectivity index is 1.48. The number of nitrogens with one attached hydrogen (secondary N) is 2. The van der Waals surface area contributed by atoms with Crippen LogP contribution in [0.3, 0.4) is 0 Å². The molecule has 1 amide bonds. The first-order valence-corrected chi connectivity index (χ1v) is 8.21. The monoisotopic (exact) mass is 335 g/mol. The number of carbonyl (C=O) groups is 1. The first kappa shape index (κ1) is 15.4. The number of aryl methyl sites for hydroxylation is 1. The molecule has 2 heterocycles. The van der Waals surface area contributed by atoms with E-state index in [0.29, 0.717) is 17.8 Å². The van der Waals surface area contributed by atoms with Crippen LogP contribution in [0, 0.1) is 5.82 Å². The van der Waals surface area contributed by atoms with E-state index in [2.05, 4.69) is 16.4 Å². The van der Waals surface area contributed by atoms with Gasteiger partial charge in [-0.25, -0.2) is 4.39 Å². The van der Waals surface area contributed by atoms with Gasteiger partial charge in [-0.2, -0.15) is 0 Å². The van der Waals surface area contributed by atoms with Gasteiger partial charge in [0, 0.05) is 36.1 Å². The molecule has 0 atom stereocenters. The number of nitrogens with zero attached hydrogens (tertiary/aromatic N) is 1. The van der Waals surface area contributed by atoms with E-state index >= 15 is 0 Å². The molecule has 2 aromatic heterocycles. The molecule has 4 nitrogen and oxygen atoms in total. The van der Waals surface area contributed by atoms with Crippen LogP contribution in [0.15, 0.2) is 54.7 Å². The molecule has 25 heavy (non-hydrogen) atoms. The van der Waals surface area contributed by atoms with Crippen molar-refractivity contribution in [1.82, 2.24) is 14.9 Å². The van der Waals surface area contributed by atoms with E-state index in [1.54, 1.807) is 23.7 Å². The third-order valence-corrected chi connectivity index (χ3v) is 4.59. The fraction of sp³-hybridized carbons (Fsp3) is 0.150. The summed E-state index contributed by atoms with van der Waals surface area (Å²) in [6, 6.07) is 14.4. The van der Waals surface area contributed by atoms with Crippen molar-refractivity contribution in [2.24, 2.45) is 7.05 Å². The van der Waals surface area contributed by atoms with Crippen LogP contribution in [0.2, 0.25) is 0 Å². The van der Waals surface area contributed by atoms with Crippen molar-refractivity contribution in [1.29, 1.82) is 0 Å². The molecule has 2 aromatic carbocycles. The number of carbonyl (C=O) groups excluding carboxylic acids is 1. The molecule has 126 valence electrons. The smallest absolute Gasteiger partial charge is 0.267 e. The highest BCUT2D eigenvalue weighted by Crippen LogP contribution is 2.20. The second kappa shape index (κ2) is 6.09. The molecule has 0 aliphatic rings.